The van der Waals surface area contributed by atoms with Gasteiger partial charge in [-0.2, -0.15) is 0 Å². The molecule has 0 rings (SSSR count). The van der Waals surface area contributed by atoms with Crippen molar-refractivity contribution in [1.82, 2.24) is 0 Å². The van der Waals surface area contributed by atoms with E-state index < -0.39 is 0 Å². The monoisotopic (exact) mass is 236 g/mol. The zero-order chi connectivity index (χ0) is 12.4. The number of ether oxygens (including phenoxy) is 1. The maximum atomic E-state index is 10.8. The third-order valence-corrected chi connectivity index (χ3v) is 2.48. The molecule has 0 unspecified atom stereocenters. The fraction of sp³-hybridized carbons (Fsp3) is 0.900. The molecule has 0 aromatic rings. The van der Waals surface area contributed by atoms with Gasteiger partial charge in [-0.05, 0) is 6.42 Å². The lowest BCUT2D eigenvalue weighted by atomic mass is 10.3. The molecule has 0 amide bonds. The molecule has 0 aliphatic carbocycles. The standard InChI is InChI=1S/C10H22NO5/c1-2-10(15)16-6-4-3-5-11(7-12,8-13)9-14/h12-14H,2-9H2,1H3/q+1. The molecule has 0 aromatic heterocycles. The van der Waals surface area contributed by atoms with E-state index in [-0.39, 0.29) is 30.6 Å². The predicted molar refractivity (Wildman–Crippen MR) is 56.9 cm³/mol. The molecular formula is C10H22NO5+. The molecule has 6 heteroatoms. The molecule has 0 bridgehead atoms. The highest BCUT2D eigenvalue weighted by Gasteiger charge is 2.23. The summed E-state index contributed by atoms with van der Waals surface area (Å²) in [5, 5.41) is 27.1. The summed E-state index contributed by atoms with van der Waals surface area (Å²) < 4.78 is 4.72. The number of hydrogen-bond donors (Lipinski definition) is 3. The molecular weight excluding hydrogens is 214 g/mol. The number of aliphatic hydroxyl groups is 3. The first-order valence-corrected chi connectivity index (χ1v) is 5.47. The van der Waals surface area contributed by atoms with E-state index in [1.807, 2.05) is 0 Å². The van der Waals surface area contributed by atoms with Crippen LogP contribution in [0.1, 0.15) is 26.2 Å². The van der Waals surface area contributed by atoms with E-state index in [2.05, 4.69) is 0 Å². The van der Waals surface area contributed by atoms with Crippen molar-refractivity contribution in [3.8, 4) is 0 Å². The quantitative estimate of drug-likeness (QED) is 0.215. The first-order valence-electron chi connectivity index (χ1n) is 5.47. The molecule has 0 saturated carbocycles. The van der Waals surface area contributed by atoms with Crippen LogP contribution in [0.15, 0.2) is 0 Å². The van der Waals surface area contributed by atoms with Crippen LogP contribution < -0.4 is 0 Å². The van der Waals surface area contributed by atoms with Gasteiger partial charge in [0.1, 0.15) is 0 Å². The van der Waals surface area contributed by atoms with E-state index in [0.717, 1.165) is 0 Å². The predicted octanol–water partition coefficient (Wildman–Crippen LogP) is -0.614. The van der Waals surface area contributed by atoms with Gasteiger partial charge >= 0.3 is 5.97 Å². The number of quaternary nitrogens is 1. The van der Waals surface area contributed by atoms with Gasteiger partial charge in [0.05, 0.1) is 13.2 Å². The summed E-state index contributed by atoms with van der Waals surface area (Å²) in [6, 6.07) is 0. The van der Waals surface area contributed by atoms with E-state index in [9.17, 15) is 4.79 Å². The number of aliphatic hydroxyl groups excluding tert-OH is 3. The molecule has 3 N–H and O–H groups in total. The molecule has 16 heavy (non-hydrogen) atoms. The molecule has 0 aliphatic heterocycles. The number of esters is 1. The molecule has 6 nitrogen and oxygen atoms in total. The maximum Gasteiger partial charge on any atom is 0.305 e. The smallest absolute Gasteiger partial charge is 0.305 e. The lowest BCUT2D eigenvalue weighted by molar-refractivity contribution is -0.976. The fourth-order valence-corrected chi connectivity index (χ4v) is 1.18. The lowest BCUT2D eigenvalue weighted by Crippen LogP contribution is -2.50. The molecule has 0 saturated heterocycles. The van der Waals surface area contributed by atoms with E-state index in [1.54, 1.807) is 6.92 Å². The van der Waals surface area contributed by atoms with Gasteiger partial charge < -0.3 is 20.1 Å². The van der Waals surface area contributed by atoms with Gasteiger partial charge in [0.2, 0.25) is 0 Å². The Labute approximate surface area is 95.7 Å². The van der Waals surface area contributed by atoms with E-state index in [0.29, 0.717) is 32.4 Å². The van der Waals surface area contributed by atoms with E-state index in [4.69, 9.17) is 20.1 Å². The number of rotatable bonds is 9. The first kappa shape index (κ1) is 15.3. The SMILES string of the molecule is CCC(=O)OCCCC[N+](CO)(CO)CO. The van der Waals surface area contributed by atoms with E-state index in [1.165, 1.54) is 0 Å². The van der Waals surface area contributed by atoms with Gasteiger partial charge in [0.25, 0.3) is 0 Å². The van der Waals surface area contributed by atoms with Gasteiger partial charge in [-0.15, -0.1) is 0 Å². The Kier molecular flexibility index (Phi) is 8.10. The van der Waals surface area contributed by atoms with Crippen LogP contribution in [-0.2, 0) is 9.53 Å². The van der Waals surface area contributed by atoms with Crippen molar-refractivity contribution in [1.29, 1.82) is 0 Å². The van der Waals surface area contributed by atoms with Crippen molar-refractivity contribution in [3.05, 3.63) is 0 Å². The van der Waals surface area contributed by atoms with Crippen molar-refractivity contribution in [2.24, 2.45) is 0 Å². The number of hydrogen-bond acceptors (Lipinski definition) is 5. The lowest BCUT2D eigenvalue weighted by Gasteiger charge is -2.31. The van der Waals surface area contributed by atoms with Crippen LogP contribution in [0.2, 0.25) is 0 Å². The minimum atomic E-state index is -0.304. The maximum absolute atomic E-state index is 10.8. The Balaban J connectivity index is 3.67. The second-order valence-corrected chi connectivity index (χ2v) is 3.77. The summed E-state index contributed by atoms with van der Waals surface area (Å²) >= 11 is 0. The van der Waals surface area contributed by atoms with Crippen LogP contribution in [0.4, 0.5) is 0 Å². The molecule has 0 heterocycles. The Bertz CT molecular complexity index is 185. The number of carbonyl (C=O) groups is 1. The van der Waals surface area contributed by atoms with Crippen molar-refractivity contribution < 1.29 is 29.3 Å². The normalized spacial score (nSPS) is 11.5. The number of nitrogens with zero attached hydrogens (tertiary/aromatic N) is 1. The van der Waals surface area contributed by atoms with Crippen LogP contribution in [0.5, 0.6) is 0 Å². The third kappa shape index (κ3) is 5.41. The van der Waals surface area contributed by atoms with Crippen LogP contribution in [0.3, 0.4) is 0 Å². The summed E-state index contributed by atoms with van der Waals surface area (Å²) in [6.45, 7) is 1.61. The Morgan fingerprint density at radius 2 is 1.69 bits per heavy atom. The van der Waals surface area contributed by atoms with Gasteiger partial charge in [0.15, 0.2) is 20.2 Å². The zero-order valence-electron chi connectivity index (χ0n) is 9.76. The second kappa shape index (κ2) is 8.46. The molecule has 0 aliphatic rings. The topological polar surface area (TPSA) is 87.0 Å². The van der Waals surface area contributed by atoms with Crippen LogP contribution in [0, 0.1) is 0 Å². The molecule has 0 aromatic carbocycles. The highest BCUT2D eigenvalue weighted by atomic mass is 16.5. The Morgan fingerprint density at radius 3 is 2.12 bits per heavy atom. The summed E-state index contributed by atoms with van der Waals surface area (Å²) in [6.07, 6.45) is 1.69. The number of unbranched alkanes of at least 4 members (excludes halogenated alkanes) is 1. The summed E-state index contributed by atoms with van der Waals surface area (Å²) in [5.74, 6) is -0.229. The second-order valence-electron chi connectivity index (χ2n) is 3.77. The minimum absolute atomic E-state index is 0.151. The highest BCUT2D eigenvalue weighted by Crippen LogP contribution is 2.06. The highest BCUT2D eigenvalue weighted by molar-refractivity contribution is 5.68. The van der Waals surface area contributed by atoms with Crippen molar-refractivity contribution in [3.63, 3.8) is 0 Å². The number of carbonyl (C=O) groups excluding carboxylic acids is 1. The molecule has 96 valence electrons. The average molecular weight is 236 g/mol. The van der Waals surface area contributed by atoms with Gasteiger partial charge in [-0.25, -0.2) is 0 Å². The first-order chi connectivity index (χ1) is 7.64. The van der Waals surface area contributed by atoms with Crippen LogP contribution in [-0.4, -0.2) is 59.1 Å². The fourth-order valence-electron chi connectivity index (χ4n) is 1.18. The van der Waals surface area contributed by atoms with E-state index >= 15 is 0 Å². The van der Waals surface area contributed by atoms with Gasteiger partial charge in [0, 0.05) is 12.8 Å². The zero-order valence-corrected chi connectivity index (χ0v) is 9.76. The average Bonchev–Trinajstić information content (AvgIpc) is 2.34. The minimum Gasteiger partial charge on any atom is -0.466 e. The molecule has 0 fully saturated rings. The van der Waals surface area contributed by atoms with Crippen molar-refractivity contribution in [2.45, 2.75) is 26.2 Å². The largest absolute Gasteiger partial charge is 0.466 e. The van der Waals surface area contributed by atoms with Crippen LogP contribution >= 0.6 is 0 Å². The summed E-state index contributed by atoms with van der Waals surface area (Å²) in [7, 11) is 0. The third-order valence-electron chi connectivity index (χ3n) is 2.48. The molecule has 0 spiro atoms. The Morgan fingerprint density at radius 1 is 1.12 bits per heavy atom. The summed E-state index contributed by atoms with van der Waals surface area (Å²) in [4.78, 5) is 10.8. The van der Waals surface area contributed by atoms with Crippen LogP contribution in [0.25, 0.3) is 0 Å². The van der Waals surface area contributed by atoms with Crippen molar-refractivity contribution >= 4 is 5.97 Å². The molecule has 0 radical (unpaired) electrons. The Hall–Kier alpha value is -0.690. The van der Waals surface area contributed by atoms with Gasteiger partial charge in [-0.1, -0.05) is 6.92 Å². The van der Waals surface area contributed by atoms with Crippen molar-refractivity contribution in [2.75, 3.05) is 33.3 Å². The summed E-state index contributed by atoms with van der Waals surface area (Å²) in [5.41, 5.74) is 0. The van der Waals surface area contributed by atoms with Gasteiger partial charge in [-0.3, -0.25) is 9.28 Å². The molecule has 0 atom stereocenters.